The first-order valence-corrected chi connectivity index (χ1v) is 11.3. The number of ether oxygens (including phenoxy) is 2. The number of nitrogens with zero attached hydrogens (tertiary/aromatic N) is 5. The van der Waals surface area contributed by atoms with Crippen LogP contribution in [0.25, 0.3) is 22.8 Å². The third-order valence-corrected chi connectivity index (χ3v) is 5.04. The van der Waals surface area contributed by atoms with Gasteiger partial charge in [-0.25, -0.2) is 9.97 Å². The second kappa shape index (κ2) is 11.4. The zero-order valence-electron chi connectivity index (χ0n) is 20.0. The van der Waals surface area contributed by atoms with Crippen LogP contribution in [0, 0.1) is 5.92 Å². The van der Waals surface area contributed by atoms with Crippen LogP contribution in [0.4, 0.5) is 5.95 Å². The second-order valence-electron chi connectivity index (χ2n) is 8.37. The topological polar surface area (TPSA) is 117 Å². The molecule has 0 saturated heterocycles. The molecule has 4 aromatic rings. The summed E-state index contributed by atoms with van der Waals surface area (Å²) in [6.07, 6.45) is 4.98. The molecule has 1 aromatic carbocycles. The standard InChI is InChI=1S/C25H28N6O4/c1-17(2)12-26-25-27-13-20(14-28-25)24-29-23(30-35-24)19-7-8-22(32)31(16-19)15-18-5-4-6-21(11-18)34-10-9-33-3/h4-8,11,13-14,16-17H,9-10,12,15H2,1-3H3,(H,26,27,28). The highest BCUT2D eigenvalue weighted by Gasteiger charge is 2.13. The molecule has 0 aliphatic heterocycles. The molecule has 4 rings (SSSR count). The van der Waals surface area contributed by atoms with Gasteiger partial charge in [0.2, 0.25) is 11.8 Å². The molecule has 0 aliphatic carbocycles. The van der Waals surface area contributed by atoms with Crippen molar-refractivity contribution in [1.29, 1.82) is 0 Å². The summed E-state index contributed by atoms with van der Waals surface area (Å²) in [4.78, 5) is 25.5. The summed E-state index contributed by atoms with van der Waals surface area (Å²) < 4.78 is 17.7. The Labute approximate surface area is 203 Å². The van der Waals surface area contributed by atoms with E-state index in [1.165, 1.54) is 6.07 Å². The summed E-state index contributed by atoms with van der Waals surface area (Å²) in [5, 5.41) is 7.24. The fourth-order valence-corrected chi connectivity index (χ4v) is 3.24. The van der Waals surface area contributed by atoms with Crippen molar-refractivity contribution in [2.24, 2.45) is 5.92 Å². The third kappa shape index (κ3) is 6.51. The number of pyridine rings is 1. The molecular weight excluding hydrogens is 448 g/mol. The van der Waals surface area contributed by atoms with Crippen molar-refractivity contribution >= 4 is 5.95 Å². The second-order valence-corrected chi connectivity index (χ2v) is 8.37. The normalized spacial score (nSPS) is 11.1. The number of aromatic nitrogens is 5. The average Bonchev–Trinajstić information content (AvgIpc) is 3.35. The minimum absolute atomic E-state index is 0.138. The van der Waals surface area contributed by atoms with E-state index in [1.807, 2.05) is 24.3 Å². The maximum atomic E-state index is 12.5. The van der Waals surface area contributed by atoms with Crippen LogP contribution in [0.5, 0.6) is 5.75 Å². The van der Waals surface area contributed by atoms with Gasteiger partial charge in [0, 0.05) is 43.9 Å². The van der Waals surface area contributed by atoms with Gasteiger partial charge < -0.3 is 23.9 Å². The zero-order valence-corrected chi connectivity index (χ0v) is 20.0. The van der Waals surface area contributed by atoms with Gasteiger partial charge in [0.25, 0.3) is 11.4 Å². The molecule has 1 N–H and O–H groups in total. The molecule has 10 nitrogen and oxygen atoms in total. The molecule has 10 heteroatoms. The quantitative estimate of drug-likeness (QED) is 0.325. The van der Waals surface area contributed by atoms with E-state index in [2.05, 4.69) is 39.3 Å². The van der Waals surface area contributed by atoms with E-state index < -0.39 is 0 Å². The Morgan fingerprint density at radius 3 is 2.69 bits per heavy atom. The summed E-state index contributed by atoms with van der Waals surface area (Å²) in [6.45, 7) is 6.34. The highest BCUT2D eigenvalue weighted by atomic mass is 16.5. The predicted octanol–water partition coefficient (Wildman–Crippen LogP) is 3.50. The molecule has 35 heavy (non-hydrogen) atoms. The van der Waals surface area contributed by atoms with Crippen molar-refractivity contribution in [2.75, 3.05) is 32.2 Å². The molecule has 0 atom stereocenters. The minimum Gasteiger partial charge on any atom is -0.491 e. The van der Waals surface area contributed by atoms with Crippen LogP contribution in [-0.4, -0.2) is 51.5 Å². The molecule has 0 aliphatic rings. The zero-order chi connectivity index (χ0) is 24.6. The van der Waals surface area contributed by atoms with Gasteiger partial charge in [-0.1, -0.05) is 31.1 Å². The van der Waals surface area contributed by atoms with Crippen molar-refractivity contribution in [3.05, 3.63) is 70.9 Å². The van der Waals surface area contributed by atoms with Crippen molar-refractivity contribution in [3.8, 4) is 28.6 Å². The Bertz CT molecular complexity index is 1300. The van der Waals surface area contributed by atoms with Gasteiger partial charge in [-0.05, 0) is 29.7 Å². The summed E-state index contributed by atoms with van der Waals surface area (Å²) in [7, 11) is 1.63. The van der Waals surface area contributed by atoms with Gasteiger partial charge in [0.15, 0.2) is 0 Å². The monoisotopic (exact) mass is 476 g/mol. The number of methoxy groups -OCH3 is 1. The number of rotatable bonds is 11. The summed E-state index contributed by atoms with van der Waals surface area (Å²) >= 11 is 0. The van der Waals surface area contributed by atoms with Crippen LogP contribution in [0.15, 0.2) is 64.3 Å². The van der Waals surface area contributed by atoms with Gasteiger partial charge in [-0.15, -0.1) is 0 Å². The van der Waals surface area contributed by atoms with Crippen LogP contribution < -0.4 is 15.6 Å². The van der Waals surface area contributed by atoms with E-state index in [0.717, 1.165) is 17.9 Å². The first-order chi connectivity index (χ1) is 17.0. The highest BCUT2D eigenvalue weighted by Crippen LogP contribution is 2.21. The van der Waals surface area contributed by atoms with Gasteiger partial charge in [-0.3, -0.25) is 4.79 Å². The van der Waals surface area contributed by atoms with E-state index in [4.69, 9.17) is 14.0 Å². The molecular formula is C25H28N6O4. The maximum absolute atomic E-state index is 12.5. The number of benzene rings is 1. The molecule has 0 radical (unpaired) electrons. The number of nitrogens with one attached hydrogen (secondary N) is 1. The van der Waals surface area contributed by atoms with Crippen molar-refractivity contribution in [3.63, 3.8) is 0 Å². The van der Waals surface area contributed by atoms with Gasteiger partial charge in [-0.2, -0.15) is 4.98 Å². The number of anilines is 1. The first-order valence-electron chi connectivity index (χ1n) is 11.3. The average molecular weight is 477 g/mol. The fraction of sp³-hybridized carbons (Fsp3) is 0.320. The van der Waals surface area contributed by atoms with Crippen molar-refractivity contribution in [2.45, 2.75) is 20.4 Å². The fourth-order valence-electron chi connectivity index (χ4n) is 3.24. The minimum atomic E-state index is -0.138. The maximum Gasteiger partial charge on any atom is 0.261 e. The van der Waals surface area contributed by atoms with Crippen LogP contribution in [0.2, 0.25) is 0 Å². The van der Waals surface area contributed by atoms with Crippen molar-refractivity contribution in [1.82, 2.24) is 24.7 Å². The van der Waals surface area contributed by atoms with Gasteiger partial charge >= 0.3 is 0 Å². The lowest BCUT2D eigenvalue weighted by molar-refractivity contribution is 0.146. The Morgan fingerprint density at radius 2 is 1.91 bits per heavy atom. The molecule has 182 valence electrons. The Balaban J connectivity index is 1.49. The molecule has 0 spiro atoms. The molecule has 0 unspecified atom stereocenters. The van der Waals surface area contributed by atoms with E-state index in [0.29, 0.717) is 54.5 Å². The largest absolute Gasteiger partial charge is 0.491 e. The number of hydrogen-bond donors (Lipinski definition) is 1. The van der Waals surface area contributed by atoms with Gasteiger partial charge in [0.1, 0.15) is 12.4 Å². The van der Waals surface area contributed by atoms with Crippen LogP contribution in [-0.2, 0) is 11.3 Å². The summed E-state index contributed by atoms with van der Waals surface area (Å²) in [5.74, 6) is 2.42. The van der Waals surface area contributed by atoms with Crippen molar-refractivity contribution < 1.29 is 14.0 Å². The smallest absolute Gasteiger partial charge is 0.261 e. The molecule has 0 fully saturated rings. The Morgan fingerprint density at radius 1 is 1.09 bits per heavy atom. The lowest BCUT2D eigenvalue weighted by atomic mass is 10.2. The van der Waals surface area contributed by atoms with E-state index >= 15 is 0 Å². The van der Waals surface area contributed by atoms with E-state index in [1.54, 1.807) is 36.3 Å². The molecule has 0 saturated carbocycles. The lowest BCUT2D eigenvalue weighted by Crippen LogP contribution is -2.19. The van der Waals surface area contributed by atoms with Gasteiger partial charge in [0.05, 0.1) is 18.7 Å². The van der Waals surface area contributed by atoms with Crippen LogP contribution in [0.3, 0.4) is 0 Å². The lowest BCUT2D eigenvalue weighted by Gasteiger charge is -2.10. The van der Waals surface area contributed by atoms with Crippen LogP contribution in [0.1, 0.15) is 19.4 Å². The molecule has 0 amide bonds. The molecule has 3 heterocycles. The Hall–Kier alpha value is -4.05. The summed E-state index contributed by atoms with van der Waals surface area (Å²) in [6, 6.07) is 10.8. The Kier molecular flexibility index (Phi) is 7.84. The number of hydrogen-bond acceptors (Lipinski definition) is 9. The van der Waals surface area contributed by atoms with Crippen LogP contribution >= 0.6 is 0 Å². The van der Waals surface area contributed by atoms with E-state index in [-0.39, 0.29) is 5.56 Å². The first kappa shape index (κ1) is 24.1. The van der Waals surface area contributed by atoms with E-state index in [9.17, 15) is 4.79 Å². The summed E-state index contributed by atoms with van der Waals surface area (Å²) in [5.41, 5.74) is 2.05. The molecule has 3 aromatic heterocycles. The SMILES string of the molecule is COCCOc1cccc(Cn2cc(-c3noc(-c4cnc(NCC(C)C)nc4)n3)ccc2=O)c1. The highest BCUT2D eigenvalue weighted by molar-refractivity contribution is 5.58. The third-order valence-electron chi connectivity index (χ3n) is 5.04. The molecule has 0 bridgehead atoms. The predicted molar refractivity (Wildman–Crippen MR) is 131 cm³/mol.